The van der Waals surface area contributed by atoms with Crippen LogP contribution in [0.1, 0.15) is 43.2 Å². The molecule has 0 aliphatic carbocycles. The van der Waals surface area contributed by atoms with Crippen molar-refractivity contribution in [1.82, 2.24) is 15.3 Å². The minimum Gasteiger partial charge on any atom is -0.385 e. The van der Waals surface area contributed by atoms with Crippen LogP contribution >= 0.6 is 0 Å². The van der Waals surface area contributed by atoms with Gasteiger partial charge in [-0.2, -0.15) is 0 Å². The molecule has 0 saturated carbocycles. The quantitative estimate of drug-likeness (QED) is 0.755. The standard InChI is InChI=1S/C19H26N4O2/c1-19(2,3)14-8-5-6-9-15(14)22-18-21-12-10-16(23-18)17(24)20-11-7-13-25-4/h5-6,8-10,12H,7,11,13H2,1-4H3,(H,20,24)(H,21,22,23). The van der Waals surface area contributed by atoms with E-state index in [4.69, 9.17) is 4.74 Å². The van der Waals surface area contributed by atoms with Gasteiger partial charge in [0.25, 0.3) is 5.91 Å². The molecule has 0 spiro atoms. The van der Waals surface area contributed by atoms with Gasteiger partial charge in [-0.15, -0.1) is 0 Å². The van der Waals surface area contributed by atoms with Crippen molar-refractivity contribution in [1.29, 1.82) is 0 Å². The van der Waals surface area contributed by atoms with E-state index in [-0.39, 0.29) is 11.3 Å². The summed E-state index contributed by atoms with van der Waals surface area (Å²) < 4.78 is 4.97. The summed E-state index contributed by atoms with van der Waals surface area (Å²) in [5, 5.41) is 6.05. The lowest BCUT2D eigenvalue weighted by molar-refractivity contribution is 0.0943. The maximum Gasteiger partial charge on any atom is 0.270 e. The van der Waals surface area contributed by atoms with Gasteiger partial charge in [-0.05, 0) is 29.5 Å². The fourth-order valence-corrected chi connectivity index (χ4v) is 2.42. The molecule has 0 unspecified atom stereocenters. The molecule has 0 radical (unpaired) electrons. The maximum absolute atomic E-state index is 12.2. The number of carbonyl (C=O) groups is 1. The smallest absolute Gasteiger partial charge is 0.270 e. The van der Waals surface area contributed by atoms with Crippen molar-refractivity contribution in [2.75, 3.05) is 25.6 Å². The number of methoxy groups -OCH3 is 1. The molecule has 134 valence electrons. The lowest BCUT2D eigenvalue weighted by atomic mass is 9.86. The second kappa shape index (κ2) is 8.58. The van der Waals surface area contributed by atoms with Gasteiger partial charge in [-0.3, -0.25) is 4.79 Å². The molecule has 1 aromatic carbocycles. The topological polar surface area (TPSA) is 76.1 Å². The Morgan fingerprint density at radius 1 is 1.20 bits per heavy atom. The Kier molecular flexibility index (Phi) is 6.47. The molecular formula is C19H26N4O2. The molecule has 2 N–H and O–H groups in total. The van der Waals surface area contributed by atoms with Gasteiger partial charge >= 0.3 is 0 Å². The van der Waals surface area contributed by atoms with E-state index >= 15 is 0 Å². The summed E-state index contributed by atoms with van der Waals surface area (Å²) in [7, 11) is 1.64. The lowest BCUT2D eigenvalue weighted by Crippen LogP contribution is -2.26. The Morgan fingerprint density at radius 3 is 2.68 bits per heavy atom. The van der Waals surface area contributed by atoms with Gasteiger partial charge < -0.3 is 15.4 Å². The number of nitrogens with one attached hydrogen (secondary N) is 2. The highest BCUT2D eigenvalue weighted by Crippen LogP contribution is 2.30. The second-order valence-corrected chi connectivity index (χ2v) is 6.79. The largest absolute Gasteiger partial charge is 0.385 e. The van der Waals surface area contributed by atoms with E-state index in [1.54, 1.807) is 19.4 Å². The summed E-state index contributed by atoms with van der Waals surface area (Å²) in [4.78, 5) is 20.7. The van der Waals surface area contributed by atoms with E-state index in [9.17, 15) is 4.79 Å². The van der Waals surface area contributed by atoms with Gasteiger partial charge in [0.2, 0.25) is 5.95 Å². The number of hydrogen-bond donors (Lipinski definition) is 2. The number of rotatable bonds is 7. The van der Waals surface area contributed by atoms with Crippen molar-refractivity contribution >= 4 is 17.5 Å². The molecule has 0 atom stereocenters. The van der Waals surface area contributed by atoms with E-state index in [2.05, 4.69) is 47.4 Å². The predicted molar refractivity (Wildman–Crippen MR) is 99.3 cm³/mol. The van der Waals surface area contributed by atoms with E-state index in [0.29, 0.717) is 24.8 Å². The normalized spacial score (nSPS) is 11.2. The molecular weight excluding hydrogens is 316 g/mol. The zero-order valence-corrected chi connectivity index (χ0v) is 15.3. The molecule has 1 aromatic heterocycles. The van der Waals surface area contributed by atoms with Crippen LogP contribution in [-0.2, 0) is 10.2 Å². The first-order valence-electron chi connectivity index (χ1n) is 8.38. The number of benzene rings is 1. The van der Waals surface area contributed by atoms with Crippen LogP contribution in [0.3, 0.4) is 0 Å². The summed E-state index contributed by atoms with van der Waals surface area (Å²) in [5.41, 5.74) is 2.42. The molecule has 6 heteroatoms. The van der Waals surface area contributed by atoms with E-state index in [1.165, 1.54) is 0 Å². The average molecular weight is 342 g/mol. The molecule has 1 heterocycles. The summed E-state index contributed by atoms with van der Waals surface area (Å²) >= 11 is 0. The van der Waals surface area contributed by atoms with E-state index < -0.39 is 0 Å². The predicted octanol–water partition coefficient (Wildman–Crippen LogP) is 3.28. The minimum absolute atomic E-state index is 0.0140. The number of carbonyl (C=O) groups excluding carboxylic acids is 1. The summed E-state index contributed by atoms with van der Waals surface area (Å²) in [6.45, 7) is 7.61. The van der Waals surface area contributed by atoms with Crippen molar-refractivity contribution in [3.63, 3.8) is 0 Å². The molecule has 0 fully saturated rings. The summed E-state index contributed by atoms with van der Waals surface area (Å²) in [6, 6.07) is 9.64. The third-order valence-corrected chi connectivity index (χ3v) is 3.68. The highest BCUT2D eigenvalue weighted by Gasteiger charge is 2.18. The Labute approximate surface area is 149 Å². The number of ether oxygens (including phenoxy) is 1. The van der Waals surface area contributed by atoms with Crippen LogP contribution in [0, 0.1) is 0 Å². The van der Waals surface area contributed by atoms with Crippen LogP contribution in [0.2, 0.25) is 0 Å². The van der Waals surface area contributed by atoms with Crippen LogP contribution in [0.5, 0.6) is 0 Å². The van der Waals surface area contributed by atoms with Crippen LogP contribution in [-0.4, -0.2) is 36.1 Å². The molecule has 2 rings (SSSR count). The van der Waals surface area contributed by atoms with Crippen molar-refractivity contribution in [2.24, 2.45) is 0 Å². The number of amides is 1. The van der Waals surface area contributed by atoms with E-state index in [0.717, 1.165) is 17.7 Å². The van der Waals surface area contributed by atoms with Crippen molar-refractivity contribution in [3.8, 4) is 0 Å². The third kappa shape index (κ3) is 5.53. The molecule has 0 saturated heterocycles. The van der Waals surface area contributed by atoms with Crippen molar-refractivity contribution in [3.05, 3.63) is 47.8 Å². The lowest BCUT2D eigenvalue weighted by Gasteiger charge is -2.23. The molecule has 2 aromatic rings. The Balaban J connectivity index is 2.11. The zero-order chi connectivity index (χ0) is 18.3. The molecule has 25 heavy (non-hydrogen) atoms. The van der Waals surface area contributed by atoms with Gasteiger partial charge in [0, 0.05) is 32.1 Å². The van der Waals surface area contributed by atoms with Crippen molar-refractivity contribution in [2.45, 2.75) is 32.6 Å². The van der Waals surface area contributed by atoms with Crippen LogP contribution in [0.25, 0.3) is 0 Å². The fraction of sp³-hybridized carbons (Fsp3) is 0.421. The Hall–Kier alpha value is -2.47. The summed E-state index contributed by atoms with van der Waals surface area (Å²) in [5.74, 6) is 0.187. The minimum atomic E-state index is -0.217. The van der Waals surface area contributed by atoms with Crippen LogP contribution in [0.15, 0.2) is 36.5 Å². The first-order chi connectivity index (χ1) is 11.9. The highest BCUT2D eigenvalue weighted by molar-refractivity contribution is 5.92. The third-order valence-electron chi connectivity index (χ3n) is 3.68. The average Bonchev–Trinajstić information content (AvgIpc) is 2.58. The monoisotopic (exact) mass is 342 g/mol. The molecule has 1 amide bonds. The van der Waals surface area contributed by atoms with Crippen molar-refractivity contribution < 1.29 is 9.53 Å². The Morgan fingerprint density at radius 2 is 1.96 bits per heavy atom. The highest BCUT2D eigenvalue weighted by atomic mass is 16.5. The number of anilines is 2. The molecule has 6 nitrogen and oxygen atoms in total. The second-order valence-electron chi connectivity index (χ2n) is 6.79. The van der Waals surface area contributed by atoms with Gasteiger partial charge in [-0.1, -0.05) is 39.0 Å². The summed E-state index contributed by atoms with van der Waals surface area (Å²) in [6.07, 6.45) is 2.34. The van der Waals surface area contributed by atoms with Gasteiger partial charge in [0.1, 0.15) is 5.69 Å². The SMILES string of the molecule is COCCCNC(=O)c1ccnc(Nc2ccccc2C(C)(C)C)n1. The van der Waals surface area contributed by atoms with E-state index in [1.807, 2.05) is 18.2 Å². The van der Waals surface area contributed by atoms with Crippen LogP contribution in [0.4, 0.5) is 11.6 Å². The van der Waals surface area contributed by atoms with Gasteiger partial charge in [0.05, 0.1) is 0 Å². The Bertz CT molecular complexity index is 711. The number of para-hydroxylation sites is 1. The number of hydrogen-bond acceptors (Lipinski definition) is 5. The molecule has 0 aliphatic rings. The fourth-order valence-electron chi connectivity index (χ4n) is 2.42. The van der Waals surface area contributed by atoms with Gasteiger partial charge in [0.15, 0.2) is 0 Å². The van der Waals surface area contributed by atoms with Gasteiger partial charge in [-0.25, -0.2) is 9.97 Å². The number of nitrogens with zero attached hydrogens (tertiary/aromatic N) is 2. The molecule has 0 aliphatic heterocycles. The first-order valence-corrected chi connectivity index (χ1v) is 8.38. The number of aromatic nitrogens is 2. The molecule has 0 bridgehead atoms. The van der Waals surface area contributed by atoms with Crippen LogP contribution < -0.4 is 10.6 Å². The first kappa shape index (κ1) is 18.9. The maximum atomic E-state index is 12.2. The zero-order valence-electron chi connectivity index (χ0n) is 15.3.